The van der Waals surface area contributed by atoms with E-state index in [0.717, 1.165) is 36.1 Å². The van der Waals surface area contributed by atoms with Crippen LogP contribution in [0, 0.1) is 0 Å². The summed E-state index contributed by atoms with van der Waals surface area (Å²) in [6.45, 7) is 6.31. The van der Waals surface area contributed by atoms with Gasteiger partial charge >= 0.3 is 5.69 Å². The van der Waals surface area contributed by atoms with Crippen LogP contribution >= 0.6 is 0 Å². The summed E-state index contributed by atoms with van der Waals surface area (Å²) in [7, 11) is 0. The van der Waals surface area contributed by atoms with Crippen LogP contribution in [0.2, 0.25) is 0 Å². The Morgan fingerprint density at radius 3 is 2.78 bits per heavy atom. The number of amides is 1. The molecule has 0 spiro atoms. The predicted molar refractivity (Wildman–Crippen MR) is 103 cm³/mol. The molecule has 3 rings (SSSR count). The number of rotatable bonds is 8. The average molecular weight is 370 g/mol. The van der Waals surface area contributed by atoms with Crippen molar-refractivity contribution in [2.45, 2.75) is 59.2 Å². The summed E-state index contributed by atoms with van der Waals surface area (Å²) < 4.78 is 2.88. The highest BCUT2D eigenvalue weighted by Crippen LogP contribution is 2.15. The standard InChI is InChI=1S/C19H26N6O2/c1-4-6-11-16-23-25(19(27)24(16)5-2)12-17(26)20-13(3)18-21-14-9-7-8-10-15(14)22-18/h7-10,13H,4-6,11-12H2,1-3H3,(H,20,26)(H,21,22)/t13-/m0/s1. The highest BCUT2D eigenvalue weighted by atomic mass is 16.2. The zero-order valence-electron chi connectivity index (χ0n) is 16.0. The molecule has 2 N–H and O–H groups in total. The Labute approximate surface area is 157 Å². The molecule has 8 heteroatoms. The Hall–Kier alpha value is -2.90. The number of carbonyl (C=O) groups is 1. The second-order valence-electron chi connectivity index (χ2n) is 6.63. The summed E-state index contributed by atoms with van der Waals surface area (Å²) in [4.78, 5) is 32.6. The third-order valence-electron chi connectivity index (χ3n) is 4.56. The lowest BCUT2D eigenvalue weighted by atomic mass is 10.2. The largest absolute Gasteiger partial charge is 0.346 e. The number of carbonyl (C=O) groups excluding carboxylic acids is 1. The number of aryl methyl sites for hydroxylation is 1. The maximum atomic E-state index is 12.5. The number of hydrogen-bond donors (Lipinski definition) is 2. The van der Waals surface area contributed by atoms with Gasteiger partial charge in [-0.15, -0.1) is 0 Å². The number of H-pyrrole nitrogens is 1. The molecule has 1 amide bonds. The fourth-order valence-electron chi connectivity index (χ4n) is 3.10. The average Bonchev–Trinajstić information content (AvgIpc) is 3.21. The van der Waals surface area contributed by atoms with E-state index in [1.54, 1.807) is 4.57 Å². The topological polar surface area (TPSA) is 97.6 Å². The number of benzene rings is 1. The van der Waals surface area contributed by atoms with E-state index in [0.29, 0.717) is 12.4 Å². The second-order valence-corrected chi connectivity index (χ2v) is 6.63. The van der Waals surface area contributed by atoms with Gasteiger partial charge in [-0.3, -0.25) is 9.36 Å². The van der Waals surface area contributed by atoms with Crippen LogP contribution in [0.25, 0.3) is 11.0 Å². The van der Waals surface area contributed by atoms with Crippen LogP contribution in [0.15, 0.2) is 29.1 Å². The van der Waals surface area contributed by atoms with Crippen molar-refractivity contribution in [3.05, 3.63) is 46.4 Å². The predicted octanol–water partition coefficient (Wildman–Crippen LogP) is 2.16. The number of para-hydroxylation sites is 2. The lowest BCUT2D eigenvalue weighted by Crippen LogP contribution is -2.35. The van der Waals surface area contributed by atoms with Crippen LogP contribution in [0.1, 0.15) is 51.3 Å². The van der Waals surface area contributed by atoms with E-state index in [4.69, 9.17) is 0 Å². The Bertz CT molecular complexity index is 951. The molecule has 0 aliphatic rings. The van der Waals surface area contributed by atoms with Crippen LogP contribution < -0.4 is 11.0 Å². The lowest BCUT2D eigenvalue weighted by Gasteiger charge is -2.11. The Balaban J connectivity index is 1.69. The molecule has 2 aromatic heterocycles. The van der Waals surface area contributed by atoms with Crippen molar-refractivity contribution in [2.75, 3.05) is 0 Å². The molecule has 0 fully saturated rings. The van der Waals surface area contributed by atoms with Gasteiger partial charge in [-0.2, -0.15) is 5.10 Å². The van der Waals surface area contributed by atoms with Gasteiger partial charge in [0.05, 0.1) is 17.1 Å². The normalized spacial score (nSPS) is 12.4. The van der Waals surface area contributed by atoms with Gasteiger partial charge in [0, 0.05) is 13.0 Å². The summed E-state index contributed by atoms with van der Waals surface area (Å²) in [5.41, 5.74) is 1.54. The van der Waals surface area contributed by atoms with Crippen molar-refractivity contribution >= 4 is 16.9 Å². The van der Waals surface area contributed by atoms with Crippen molar-refractivity contribution < 1.29 is 4.79 Å². The first-order chi connectivity index (χ1) is 13.0. The smallest absolute Gasteiger partial charge is 0.345 e. The first-order valence-corrected chi connectivity index (χ1v) is 9.44. The minimum atomic E-state index is -0.298. The first-order valence-electron chi connectivity index (χ1n) is 9.44. The molecule has 0 aliphatic heterocycles. The molecule has 144 valence electrons. The molecule has 3 aromatic rings. The molecule has 0 saturated carbocycles. The summed E-state index contributed by atoms with van der Waals surface area (Å²) in [5.74, 6) is 1.15. The number of hydrogen-bond acceptors (Lipinski definition) is 4. The summed E-state index contributed by atoms with van der Waals surface area (Å²) in [6.07, 6.45) is 2.73. The van der Waals surface area contributed by atoms with Gasteiger partial charge in [0.2, 0.25) is 5.91 Å². The molecule has 1 atom stereocenters. The number of aromatic nitrogens is 5. The molecule has 27 heavy (non-hydrogen) atoms. The Kier molecular flexibility index (Phi) is 5.73. The monoisotopic (exact) mass is 370 g/mol. The van der Waals surface area contributed by atoms with Crippen molar-refractivity contribution in [1.29, 1.82) is 0 Å². The molecule has 2 heterocycles. The summed E-state index contributed by atoms with van der Waals surface area (Å²) in [5, 5.41) is 7.24. The quantitative estimate of drug-likeness (QED) is 0.635. The Morgan fingerprint density at radius 2 is 2.07 bits per heavy atom. The van der Waals surface area contributed by atoms with E-state index in [1.165, 1.54) is 4.68 Å². The van der Waals surface area contributed by atoms with E-state index in [9.17, 15) is 9.59 Å². The van der Waals surface area contributed by atoms with Gasteiger partial charge in [-0.1, -0.05) is 25.5 Å². The van der Waals surface area contributed by atoms with Crippen molar-refractivity contribution in [3.8, 4) is 0 Å². The van der Waals surface area contributed by atoms with Gasteiger partial charge in [-0.05, 0) is 32.4 Å². The maximum Gasteiger partial charge on any atom is 0.346 e. The molecule has 1 aromatic carbocycles. The van der Waals surface area contributed by atoms with E-state index < -0.39 is 0 Å². The fraction of sp³-hybridized carbons (Fsp3) is 0.474. The minimum absolute atomic E-state index is 0.102. The van der Waals surface area contributed by atoms with Crippen LogP contribution in [-0.4, -0.2) is 30.2 Å². The van der Waals surface area contributed by atoms with Gasteiger partial charge in [0.15, 0.2) is 0 Å². The van der Waals surface area contributed by atoms with Crippen LogP contribution in [0.3, 0.4) is 0 Å². The molecule has 0 aliphatic carbocycles. The SMILES string of the molecule is CCCCc1nn(CC(=O)N[C@@H](C)c2nc3ccccc3[nH]2)c(=O)n1CC. The highest BCUT2D eigenvalue weighted by Gasteiger charge is 2.17. The maximum absolute atomic E-state index is 12.5. The van der Waals surface area contributed by atoms with Crippen molar-refractivity contribution in [1.82, 2.24) is 29.6 Å². The van der Waals surface area contributed by atoms with Crippen LogP contribution in [0.4, 0.5) is 0 Å². The van der Waals surface area contributed by atoms with Crippen molar-refractivity contribution in [2.24, 2.45) is 0 Å². The van der Waals surface area contributed by atoms with Gasteiger partial charge in [-0.25, -0.2) is 14.5 Å². The van der Waals surface area contributed by atoms with Crippen molar-refractivity contribution in [3.63, 3.8) is 0 Å². The zero-order valence-corrected chi connectivity index (χ0v) is 16.0. The Morgan fingerprint density at radius 1 is 1.30 bits per heavy atom. The third kappa shape index (κ3) is 4.10. The van der Waals surface area contributed by atoms with Gasteiger partial charge < -0.3 is 10.3 Å². The van der Waals surface area contributed by atoms with Crippen LogP contribution in [0.5, 0.6) is 0 Å². The second kappa shape index (κ2) is 8.20. The fourth-order valence-corrected chi connectivity index (χ4v) is 3.10. The number of unbranched alkanes of at least 4 members (excludes halogenated alkanes) is 1. The van der Waals surface area contributed by atoms with E-state index in [2.05, 4.69) is 27.3 Å². The number of nitrogens with one attached hydrogen (secondary N) is 2. The van der Waals surface area contributed by atoms with Crippen LogP contribution in [-0.2, 0) is 24.3 Å². The molecular formula is C19H26N6O2. The van der Waals surface area contributed by atoms with E-state index >= 15 is 0 Å². The van der Waals surface area contributed by atoms with E-state index in [1.807, 2.05) is 38.1 Å². The lowest BCUT2D eigenvalue weighted by molar-refractivity contribution is -0.122. The van der Waals surface area contributed by atoms with Gasteiger partial charge in [0.25, 0.3) is 0 Å². The molecule has 0 saturated heterocycles. The molecule has 0 unspecified atom stereocenters. The first kappa shape index (κ1) is 18.9. The molecular weight excluding hydrogens is 344 g/mol. The number of fused-ring (bicyclic) bond motifs is 1. The van der Waals surface area contributed by atoms with E-state index in [-0.39, 0.29) is 24.2 Å². The molecule has 0 radical (unpaired) electrons. The third-order valence-corrected chi connectivity index (χ3v) is 4.56. The number of imidazole rings is 1. The summed E-state index contributed by atoms with van der Waals surface area (Å²) in [6, 6.07) is 7.41. The summed E-state index contributed by atoms with van der Waals surface area (Å²) >= 11 is 0. The number of nitrogens with zero attached hydrogens (tertiary/aromatic N) is 4. The minimum Gasteiger partial charge on any atom is -0.345 e. The zero-order chi connectivity index (χ0) is 19.4. The van der Waals surface area contributed by atoms with Gasteiger partial charge in [0.1, 0.15) is 18.2 Å². The number of aromatic amines is 1. The highest BCUT2D eigenvalue weighted by molar-refractivity contribution is 5.77. The molecule has 0 bridgehead atoms. The molecule has 8 nitrogen and oxygen atoms in total.